The maximum absolute atomic E-state index is 12.9. The molecule has 4 rings (SSSR count). The van der Waals surface area contributed by atoms with Crippen molar-refractivity contribution in [2.45, 2.75) is 25.6 Å². The number of rotatable bonds is 11. The number of hydrogen-bond donors (Lipinski definition) is 2. The first-order valence-corrected chi connectivity index (χ1v) is 13.4. The van der Waals surface area contributed by atoms with Gasteiger partial charge >= 0.3 is 12.1 Å². The number of aromatic nitrogens is 1. The Morgan fingerprint density at radius 2 is 1.74 bits per heavy atom. The van der Waals surface area contributed by atoms with Crippen LogP contribution in [0.4, 0.5) is 18.3 Å². The molecule has 2 aromatic carbocycles. The molecule has 2 aromatic heterocycles. The predicted octanol–water partition coefficient (Wildman–Crippen LogP) is 6.34. The van der Waals surface area contributed by atoms with E-state index in [1.54, 1.807) is 23.5 Å². The molecule has 0 radical (unpaired) electrons. The van der Waals surface area contributed by atoms with Crippen LogP contribution >= 0.6 is 22.7 Å². The van der Waals surface area contributed by atoms with Gasteiger partial charge in [-0.25, -0.2) is 4.98 Å². The molecule has 0 unspecified atom stereocenters. The van der Waals surface area contributed by atoms with Gasteiger partial charge in [0.15, 0.2) is 5.13 Å². The van der Waals surface area contributed by atoms with Crippen LogP contribution in [0.3, 0.4) is 0 Å². The molecule has 0 bridgehead atoms. The molecule has 0 aliphatic rings. The fourth-order valence-electron chi connectivity index (χ4n) is 3.68. The minimum atomic E-state index is -4.39. The lowest BCUT2D eigenvalue weighted by Gasteiger charge is -2.22. The second-order valence-electron chi connectivity index (χ2n) is 8.44. The number of benzene rings is 2. The van der Waals surface area contributed by atoms with E-state index < -0.39 is 17.7 Å². The Labute approximate surface area is 225 Å². The maximum atomic E-state index is 12.9. The molecule has 6 nitrogen and oxygen atoms in total. The first-order chi connectivity index (χ1) is 18.2. The van der Waals surface area contributed by atoms with E-state index in [2.05, 4.69) is 16.3 Å². The lowest BCUT2D eigenvalue weighted by Crippen LogP contribution is -2.26. The Bertz CT molecular complexity index is 1350. The van der Waals surface area contributed by atoms with Gasteiger partial charge in [0, 0.05) is 41.0 Å². The molecular weight excluding hydrogens is 535 g/mol. The smallest absolute Gasteiger partial charge is 0.416 e. The number of thiophene rings is 1. The third-order valence-corrected chi connectivity index (χ3v) is 7.53. The summed E-state index contributed by atoms with van der Waals surface area (Å²) in [6.45, 7) is 1.25. The SMILES string of the molecule is O=C(O)CCNC(=O)c1ccc(CN(CCc2cccs2)c2nc(-c3ccc(C(F)(F)F)cc3)cs2)cc1. The molecule has 4 aromatic rings. The number of nitrogens with one attached hydrogen (secondary N) is 1. The molecule has 0 spiro atoms. The number of carbonyl (C=O) groups is 2. The highest BCUT2D eigenvalue weighted by atomic mass is 32.1. The van der Waals surface area contributed by atoms with Gasteiger partial charge in [0.2, 0.25) is 0 Å². The van der Waals surface area contributed by atoms with Gasteiger partial charge < -0.3 is 15.3 Å². The zero-order chi connectivity index (χ0) is 27.1. The van der Waals surface area contributed by atoms with Crippen LogP contribution in [-0.2, 0) is 23.9 Å². The van der Waals surface area contributed by atoms with Gasteiger partial charge in [-0.15, -0.1) is 22.7 Å². The van der Waals surface area contributed by atoms with E-state index in [9.17, 15) is 22.8 Å². The minimum absolute atomic E-state index is 0.0533. The average Bonchev–Trinajstić information content (AvgIpc) is 3.59. The molecule has 198 valence electrons. The van der Waals surface area contributed by atoms with Gasteiger partial charge in [-0.2, -0.15) is 13.2 Å². The number of carboxylic acid groups (broad SMARTS) is 1. The number of aliphatic carboxylic acids is 1. The Kier molecular flexibility index (Phi) is 8.80. The van der Waals surface area contributed by atoms with Crippen LogP contribution in [0.2, 0.25) is 0 Å². The number of halogens is 3. The van der Waals surface area contributed by atoms with Crippen LogP contribution in [0.5, 0.6) is 0 Å². The van der Waals surface area contributed by atoms with Gasteiger partial charge in [-0.3, -0.25) is 9.59 Å². The normalized spacial score (nSPS) is 11.3. The van der Waals surface area contributed by atoms with E-state index in [4.69, 9.17) is 10.1 Å². The first-order valence-electron chi connectivity index (χ1n) is 11.7. The molecule has 0 atom stereocenters. The van der Waals surface area contributed by atoms with E-state index in [-0.39, 0.29) is 18.9 Å². The average molecular weight is 560 g/mol. The summed E-state index contributed by atoms with van der Waals surface area (Å²) in [5.41, 5.74) is 1.89. The lowest BCUT2D eigenvalue weighted by molar-refractivity contribution is -0.138. The quantitative estimate of drug-likeness (QED) is 0.224. The first kappa shape index (κ1) is 27.3. The number of hydrogen-bond acceptors (Lipinski definition) is 6. The Hall–Kier alpha value is -3.70. The molecule has 0 aliphatic heterocycles. The highest BCUT2D eigenvalue weighted by molar-refractivity contribution is 7.14. The summed E-state index contributed by atoms with van der Waals surface area (Å²) in [6, 6.07) is 16.1. The molecule has 2 heterocycles. The van der Waals surface area contributed by atoms with E-state index in [1.807, 2.05) is 29.0 Å². The highest BCUT2D eigenvalue weighted by Gasteiger charge is 2.30. The second kappa shape index (κ2) is 12.2. The summed E-state index contributed by atoms with van der Waals surface area (Å²) in [7, 11) is 0. The lowest BCUT2D eigenvalue weighted by atomic mass is 10.1. The topological polar surface area (TPSA) is 82.5 Å². The van der Waals surface area contributed by atoms with Gasteiger partial charge in [0.25, 0.3) is 5.91 Å². The maximum Gasteiger partial charge on any atom is 0.416 e. The molecular formula is C27H24F3N3O3S2. The number of alkyl halides is 3. The molecule has 38 heavy (non-hydrogen) atoms. The largest absolute Gasteiger partial charge is 0.481 e. The Morgan fingerprint density at radius 3 is 2.37 bits per heavy atom. The highest BCUT2D eigenvalue weighted by Crippen LogP contribution is 2.33. The van der Waals surface area contributed by atoms with Crippen LogP contribution in [0.25, 0.3) is 11.3 Å². The van der Waals surface area contributed by atoms with Crippen molar-refractivity contribution in [1.82, 2.24) is 10.3 Å². The van der Waals surface area contributed by atoms with Crippen LogP contribution < -0.4 is 10.2 Å². The monoisotopic (exact) mass is 559 g/mol. The number of amides is 1. The zero-order valence-electron chi connectivity index (χ0n) is 20.1. The summed E-state index contributed by atoms with van der Waals surface area (Å²) in [5, 5.41) is 15.9. The molecule has 1 amide bonds. The van der Waals surface area contributed by atoms with Crippen LogP contribution in [0.1, 0.15) is 32.8 Å². The Balaban J connectivity index is 1.48. The molecule has 0 saturated heterocycles. The van der Waals surface area contributed by atoms with Gasteiger partial charge in [-0.1, -0.05) is 30.3 Å². The van der Waals surface area contributed by atoms with Crippen molar-refractivity contribution in [1.29, 1.82) is 0 Å². The van der Waals surface area contributed by atoms with Crippen LogP contribution in [0, 0.1) is 0 Å². The zero-order valence-corrected chi connectivity index (χ0v) is 21.7. The van der Waals surface area contributed by atoms with Crippen molar-refractivity contribution in [3.8, 4) is 11.3 Å². The van der Waals surface area contributed by atoms with E-state index in [0.717, 1.165) is 29.2 Å². The van der Waals surface area contributed by atoms with Gasteiger partial charge in [0.05, 0.1) is 17.7 Å². The van der Waals surface area contributed by atoms with Crippen molar-refractivity contribution in [2.24, 2.45) is 0 Å². The summed E-state index contributed by atoms with van der Waals surface area (Å²) in [6.07, 6.45) is -3.73. The van der Waals surface area contributed by atoms with Crippen molar-refractivity contribution in [3.63, 3.8) is 0 Å². The fraction of sp³-hybridized carbons (Fsp3) is 0.222. The minimum Gasteiger partial charge on any atom is -0.481 e. The number of nitrogens with zero attached hydrogens (tertiary/aromatic N) is 2. The molecule has 0 fully saturated rings. The van der Waals surface area contributed by atoms with E-state index in [0.29, 0.717) is 29.9 Å². The summed E-state index contributed by atoms with van der Waals surface area (Å²) >= 11 is 3.09. The molecule has 0 saturated carbocycles. The molecule has 11 heteroatoms. The van der Waals surface area contributed by atoms with Gasteiger partial charge in [-0.05, 0) is 47.7 Å². The van der Waals surface area contributed by atoms with Crippen LogP contribution in [0.15, 0.2) is 71.4 Å². The standard InChI is InChI=1S/C27H24F3N3O3S2/c28-27(29,30)21-9-7-19(8-10-21)23-17-38-26(32-23)33(14-12-22-2-1-15-37-22)16-18-3-5-20(6-4-18)25(36)31-13-11-24(34)35/h1-10,15,17H,11-14,16H2,(H,31,36)(H,34,35). The van der Waals surface area contributed by atoms with Crippen molar-refractivity contribution in [3.05, 3.63) is 93.0 Å². The predicted molar refractivity (Wildman–Crippen MR) is 143 cm³/mol. The fourth-order valence-corrected chi connectivity index (χ4v) is 5.24. The molecule has 2 N–H and O–H groups in total. The number of anilines is 1. The van der Waals surface area contributed by atoms with Crippen molar-refractivity contribution < 1.29 is 27.9 Å². The van der Waals surface area contributed by atoms with Crippen molar-refractivity contribution in [2.75, 3.05) is 18.0 Å². The number of carboxylic acids is 1. The third-order valence-electron chi connectivity index (χ3n) is 5.69. The third kappa shape index (κ3) is 7.42. The van der Waals surface area contributed by atoms with Gasteiger partial charge in [0.1, 0.15) is 0 Å². The van der Waals surface area contributed by atoms with E-state index >= 15 is 0 Å². The second-order valence-corrected chi connectivity index (χ2v) is 10.3. The number of thiazole rings is 1. The van der Waals surface area contributed by atoms with E-state index in [1.165, 1.54) is 28.3 Å². The summed E-state index contributed by atoms with van der Waals surface area (Å²) in [5.74, 6) is -1.32. The van der Waals surface area contributed by atoms with Crippen LogP contribution in [-0.4, -0.2) is 35.1 Å². The Morgan fingerprint density at radius 1 is 1.00 bits per heavy atom. The summed E-state index contributed by atoms with van der Waals surface area (Å²) < 4.78 is 38.8. The summed E-state index contributed by atoms with van der Waals surface area (Å²) in [4.78, 5) is 30.9. The number of carbonyl (C=O) groups excluding carboxylic acids is 1. The molecule has 0 aliphatic carbocycles. The van der Waals surface area contributed by atoms with Crippen molar-refractivity contribution >= 4 is 39.7 Å².